The van der Waals surface area contributed by atoms with E-state index in [9.17, 15) is 4.79 Å². The molecule has 1 aliphatic rings. The van der Waals surface area contributed by atoms with Crippen LogP contribution in [0.5, 0.6) is 0 Å². The number of likely N-dealkylation sites (tertiary alicyclic amines) is 1. The maximum atomic E-state index is 12.2. The van der Waals surface area contributed by atoms with Crippen LogP contribution in [0.15, 0.2) is 0 Å². The van der Waals surface area contributed by atoms with E-state index in [1.807, 2.05) is 13.8 Å². The predicted molar refractivity (Wildman–Crippen MR) is 70.7 cm³/mol. The number of carbonyl (C=O) groups excluding carboxylic acids is 1. The van der Waals surface area contributed by atoms with E-state index in [1.165, 1.54) is 0 Å². The largest absolute Gasteiger partial charge is 0.338 e. The van der Waals surface area contributed by atoms with Crippen molar-refractivity contribution in [3.8, 4) is 6.07 Å². The van der Waals surface area contributed by atoms with Crippen molar-refractivity contribution < 1.29 is 4.79 Å². The van der Waals surface area contributed by atoms with Crippen molar-refractivity contribution >= 4 is 5.91 Å². The van der Waals surface area contributed by atoms with Crippen LogP contribution in [0.1, 0.15) is 33.1 Å². The first-order chi connectivity index (χ1) is 8.54. The van der Waals surface area contributed by atoms with Crippen molar-refractivity contribution in [1.29, 1.82) is 5.26 Å². The van der Waals surface area contributed by atoms with Crippen LogP contribution in [0.3, 0.4) is 0 Å². The fourth-order valence-electron chi connectivity index (χ4n) is 2.23. The molecule has 2 N–H and O–H groups in total. The molecular formula is C13H24N4O. The van der Waals surface area contributed by atoms with E-state index in [0.29, 0.717) is 19.5 Å². The van der Waals surface area contributed by atoms with Crippen molar-refractivity contribution in [2.24, 2.45) is 5.73 Å². The number of nitrogens with two attached hydrogens (primary N) is 1. The molecule has 1 amide bonds. The second-order valence-corrected chi connectivity index (χ2v) is 5.20. The van der Waals surface area contributed by atoms with E-state index in [4.69, 9.17) is 11.0 Å². The van der Waals surface area contributed by atoms with Gasteiger partial charge in [0, 0.05) is 31.7 Å². The summed E-state index contributed by atoms with van der Waals surface area (Å²) in [5, 5.41) is 8.62. The minimum Gasteiger partial charge on any atom is -0.338 e. The Bertz CT molecular complexity index is 303. The van der Waals surface area contributed by atoms with Crippen molar-refractivity contribution in [2.75, 3.05) is 26.2 Å². The molecule has 0 bridgehead atoms. The Morgan fingerprint density at radius 3 is 2.61 bits per heavy atom. The highest BCUT2D eigenvalue weighted by Gasteiger charge is 2.22. The molecule has 5 heteroatoms. The maximum Gasteiger partial charge on any atom is 0.237 e. The van der Waals surface area contributed by atoms with Gasteiger partial charge in [-0.25, -0.2) is 0 Å². The molecule has 0 atom stereocenters. The highest BCUT2D eigenvalue weighted by atomic mass is 16.2. The van der Waals surface area contributed by atoms with E-state index in [2.05, 4.69) is 11.0 Å². The standard InChI is InChI=1S/C13H24N4O/c1-11(2)17(7-3-6-14)13(18)10-16-8-4-12(15)5-9-16/h11-12H,3-5,7-10,15H2,1-2H3. The Morgan fingerprint density at radius 1 is 1.50 bits per heavy atom. The molecule has 0 aromatic carbocycles. The van der Waals surface area contributed by atoms with Gasteiger partial charge < -0.3 is 10.6 Å². The number of nitrogens with zero attached hydrogens (tertiary/aromatic N) is 3. The van der Waals surface area contributed by atoms with Crippen LogP contribution in [0.2, 0.25) is 0 Å². The first-order valence-corrected chi connectivity index (χ1v) is 6.69. The molecule has 1 aliphatic heterocycles. The number of carbonyl (C=O) groups is 1. The summed E-state index contributed by atoms with van der Waals surface area (Å²) in [4.78, 5) is 16.1. The minimum absolute atomic E-state index is 0.121. The first-order valence-electron chi connectivity index (χ1n) is 6.69. The van der Waals surface area contributed by atoms with Gasteiger partial charge in [0.2, 0.25) is 5.91 Å². The Morgan fingerprint density at radius 2 is 2.11 bits per heavy atom. The molecule has 0 spiro atoms. The second-order valence-electron chi connectivity index (χ2n) is 5.20. The number of nitriles is 1. The fourth-order valence-corrected chi connectivity index (χ4v) is 2.23. The van der Waals surface area contributed by atoms with Gasteiger partial charge >= 0.3 is 0 Å². The number of piperidine rings is 1. The smallest absolute Gasteiger partial charge is 0.237 e. The molecule has 0 unspecified atom stereocenters. The third-order valence-electron chi connectivity index (χ3n) is 3.40. The van der Waals surface area contributed by atoms with Gasteiger partial charge in [0.25, 0.3) is 0 Å². The highest BCUT2D eigenvalue weighted by molar-refractivity contribution is 5.78. The summed E-state index contributed by atoms with van der Waals surface area (Å²) >= 11 is 0. The molecular weight excluding hydrogens is 228 g/mol. The van der Waals surface area contributed by atoms with E-state index < -0.39 is 0 Å². The number of rotatable bonds is 5. The summed E-state index contributed by atoms with van der Waals surface area (Å²) in [5.41, 5.74) is 5.84. The lowest BCUT2D eigenvalue weighted by molar-refractivity contribution is -0.134. The summed E-state index contributed by atoms with van der Waals surface area (Å²) in [7, 11) is 0. The molecule has 1 saturated heterocycles. The molecule has 0 aromatic heterocycles. The zero-order chi connectivity index (χ0) is 13.5. The summed E-state index contributed by atoms with van der Waals surface area (Å²) in [6.45, 7) is 6.76. The summed E-state index contributed by atoms with van der Waals surface area (Å²) in [6, 6.07) is 2.53. The maximum absolute atomic E-state index is 12.2. The lowest BCUT2D eigenvalue weighted by atomic mass is 10.1. The van der Waals surface area contributed by atoms with E-state index >= 15 is 0 Å². The average molecular weight is 252 g/mol. The van der Waals surface area contributed by atoms with Crippen LogP contribution in [-0.2, 0) is 4.79 Å². The van der Waals surface area contributed by atoms with Crippen molar-refractivity contribution in [3.63, 3.8) is 0 Å². The van der Waals surface area contributed by atoms with Crippen molar-refractivity contribution in [3.05, 3.63) is 0 Å². The zero-order valence-corrected chi connectivity index (χ0v) is 11.4. The predicted octanol–water partition coefficient (Wildman–Crippen LogP) is 0.560. The molecule has 0 aliphatic carbocycles. The monoisotopic (exact) mass is 252 g/mol. The Labute approximate surface area is 110 Å². The van der Waals surface area contributed by atoms with Gasteiger partial charge in [0.15, 0.2) is 0 Å². The number of hydrogen-bond donors (Lipinski definition) is 1. The molecule has 0 saturated carbocycles. The van der Waals surface area contributed by atoms with Crippen LogP contribution in [0.4, 0.5) is 0 Å². The van der Waals surface area contributed by atoms with E-state index in [0.717, 1.165) is 25.9 Å². The van der Waals surface area contributed by atoms with Gasteiger partial charge in [-0.1, -0.05) is 0 Å². The van der Waals surface area contributed by atoms with Gasteiger partial charge in [0.1, 0.15) is 0 Å². The highest BCUT2D eigenvalue weighted by Crippen LogP contribution is 2.09. The molecule has 1 heterocycles. The van der Waals surface area contributed by atoms with Gasteiger partial charge in [-0.15, -0.1) is 0 Å². The summed E-state index contributed by atoms with van der Waals surface area (Å²) < 4.78 is 0. The summed E-state index contributed by atoms with van der Waals surface area (Å²) in [6.07, 6.45) is 2.33. The quantitative estimate of drug-likeness (QED) is 0.776. The lowest BCUT2D eigenvalue weighted by Gasteiger charge is -2.33. The van der Waals surface area contributed by atoms with E-state index in [-0.39, 0.29) is 18.0 Å². The fraction of sp³-hybridized carbons (Fsp3) is 0.846. The summed E-state index contributed by atoms with van der Waals surface area (Å²) in [5.74, 6) is 0.121. The lowest BCUT2D eigenvalue weighted by Crippen LogP contribution is -2.47. The molecule has 18 heavy (non-hydrogen) atoms. The molecule has 0 radical (unpaired) electrons. The Hall–Kier alpha value is -1.12. The van der Waals surface area contributed by atoms with Gasteiger partial charge in [-0.3, -0.25) is 9.69 Å². The zero-order valence-electron chi connectivity index (χ0n) is 11.4. The van der Waals surface area contributed by atoms with Crippen molar-refractivity contribution in [2.45, 2.75) is 45.2 Å². The van der Waals surface area contributed by atoms with Crippen molar-refractivity contribution in [1.82, 2.24) is 9.80 Å². The van der Waals surface area contributed by atoms with Crippen LogP contribution < -0.4 is 5.73 Å². The van der Waals surface area contributed by atoms with Crippen LogP contribution >= 0.6 is 0 Å². The Balaban J connectivity index is 2.43. The number of amides is 1. The first kappa shape index (κ1) is 14.9. The molecule has 0 aromatic rings. The third kappa shape index (κ3) is 4.63. The van der Waals surface area contributed by atoms with Gasteiger partial charge in [0.05, 0.1) is 19.0 Å². The topological polar surface area (TPSA) is 73.4 Å². The van der Waals surface area contributed by atoms with Crippen LogP contribution in [0, 0.1) is 11.3 Å². The van der Waals surface area contributed by atoms with Gasteiger partial charge in [-0.05, 0) is 26.7 Å². The molecule has 102 valence electrons. The van der Waals surface area contributed by atoms with E-state index in [1.54, 1.807) is 4.90 Å². The second kappa shape index (κ2) is 7.34. The third-order valence-corrected chi connectivity index (χ3v) is 3.40. The minimum atomic E-state index is 0.121. The van der Waals surface area contributed by atoms with Crippen LogP contribution in [-0.4, -0.2) is 54.0 Å². The number of hydrogen-bond acceptors (Lipinski definition) is 4. The molecule has 5 nitrogen and oxygen atoms in total. The molecule has 1 rings (SSSR count). The average Bonchev–Trinajstić information content (AvgIpc) is 2.32. The SMILES string of the molecule is CC(C)N(CCC#N)C(=O)CN1CCC(N)CC1. The molecule has 1 fully saturated rings. The normalized spacial score (nSPS) is 17.7. The van der Waals surface area contributed by atoms with Crippen LogP contribution in [0.25, 0.3) is 0 Å². The van der Waals surface area contributed by atoms with Gasteiger partial charge in [-0.2, -0.15) is 5.26 Å². The Kier molecular flexibility index (Phi) is 6.10.